The quantitative estimate of drug-likeness (QED) is 0.412. The second-order valence-corrected chi connectivity index (χ2v) is 3.36. The zero-order valence-electron chi connectivity index (χ0n) is 7.09. The highest BCUT2D eigenvalue weighted by Gasteiger charge is 1.94. The number of hydrogen-bond donors (Lipinski definition) is 3. The molecular weight excluding hydrogens is 223 g/mol. The van der Waals surface area contributed by atoms with E-state index in [0.717, 1.165) is 5.56 Å². The van der Waals surface area contributed by atoms with Crippen molar-refractivity contribution in [3.8, 4) is 0 Å². The standard InChI is InChI=1S/C8H8Cl2N4/c9-6-1-5(2-7(10)3-6)4-13-14-8(11)12/h1-4H,(H4,11,12,14). The number of benzene rings is 1. The highest BCUT2D eigenvalue weighted by molar-refractivity contribution is 6.35. The molecule has 1 aromatic rings. The van der Waals surface area contributed by atoms with E-state index in [4.69, 9.17) is 34.3 Å². The van der Waals surface area contributed by atoms with Crippen molar-refractivity contribution in [1.82, 2.24) is 5.43 Å². The van der Waals surface area contributed by atoms with Gasteiger partial charge in [-0.3, -0.25) is 5.41 Å². The van der Waals surface area contributed by atoms with Crippen molar-refractivity contribution in [1.29, 1.82) is 5.41 Å². The number of rotatable bonds is 2. The zero-order valence-corrected chi connectivity index (χ0v) is 8.60. The predicted molar refractivity (Wildman–Crippen MR) is 59.1 cm³/mol. The number of hydrogen-bond acceptors (Lipinski definition) is 2. The van der Waals surface area contributed by atoms with Gasteiger partial charge < -0.3 is 5.73 Å². The van der Waals surface area contributed by atoms with E-state index < -0.39 is 0 Å². The van der Waals surface area contributed by atoms with E-state index in [-0.39, 0.29) is 5.96 Å². The fourth-order valence-electron chi connectivity index (χ4n) is 0.826. The van der Waals surface area contributed by atoms with E-state index in [1.54, 1.807) is 18.2 Å². The average molecular weight is 231 g/mol. The maximum Gasteiger partial charge on any atom is 0.206 e. The number of nitrogens with two attached hydrogens (primary N) is 1. The molecule has 0 heterocycles. The molecule has 0 saturated heterocycles. The van der Waals surface area contributed by atoms with E-state index in [9.17, 15) is 0 Å². The van der Waals surface area contributed by atoms with Crippen molar-refractivity contribution >= 4 is 35.4 Å². The summed E-state index contributed by atoms with van der Waals surface area (Å²) in [5.41, 5.74) is 8.03. The molecule has 74 valence electrons. The summed E-state index contributed by atoms with van der Waals surface area (Å²) < 4.78 is 0. The van der Waals surface area contributed by atoms with Gasteiger partial charge in [0.25, 0.3) is 0 Å². The lowest BCUT2D eigenvalue weighted by atomic mass is 10.2. The molecule has 0 aromatic heterocycles. The third-order valence-electron chi connectivity index (χ3n) is 1.28. The SMILES string of the molecule is N=C(N)NN=Cc1cc(Cl)cc(Cl)c1. The third-order valence-corrected chi connectivity index (χ3v) is 1.72. The van der Waals surface area contributed by atoms with Crippen LogP contribution in [0.4, 0.5) is 0 Å². The van der Waals surface area contributed by atoms with Gasteiger partial charge >= 0.3 is 0 Å². The first kappa shape index (κ1) is 10.8. The van der Waals surface area contributed by atoms with Crippen LogP contribution in [-0.4, -0.2) is 12.2 Å². The van der Waals surface area contributed by atoms with Gasteiger partial charge in [-0.15, -0.1) is 0 Å². The van der Waals surface area contributed by atoms with Gasteiger partial charge in [-0.2, -0.15) is 5.10 Å². The molecule has 6 heteroatoms. The fraction of sp³-hybridized carbons (Fsp3) is 0. The van der Waals surface area contributed by atoms with E-state index in [2.05, 4.69) is 10.5 Å². The molecule has 0 fully saturated rings. The van der Waals surface area contributed by atoms with Crippen LogP contribution in [0.2, 0.25) is 10.0 Å². The Balaban J connectivity index is 2.76. The summed E-state index contributed by atoms with van der Waals surface area (Å²) in [6.07, 6.45) is 1.47. The number of nitrogens with zero attached hydrogens (tertiary/aromatic N) is 1. The number of nitrogens with one attached hydrogen (secondary N) is 2. The van der Waals surface area contributed by atoms with Crippen LogP contribution >= 0.6 is 23.2 Å². The molecule has 1 rings (SSSR count). The van der Waals surface area contributed by atoms with Crippen LogP contribution in [0.3, 0.4) is 0 Å². The summed E-state index contributed by atoms with van der Waals surface area (Å²) in [4.78, 5) is 0. The summed E-state index contributed by atoms with van der Waals surface area (Å²) in [5.74, 6) is -0.227. The first-order valence-electron chi connectivity index (χ1n) is 3.67. The molecule has 1 aromatic carbocycles. The Kier molecular flexibility index (Phi) is 3.73. The zero-order chi connectivity index (χ0) is 10.6. The second kappa shape index (κ2) is 4.83. The molecule has 0 bridgehead atoms. The Morgan fingerprint density at radius 1 is 1.36 bits per heavy atom. The lowest BCUT2D eigenvalue weighted by molar-refractivity contribution is 1.00. The summed E-state index contributed by atoms with van der Waals surface area (Å²) >= 11 is 11.5. The normalized spacial score (nSPS) is 10.4. The predicted octanol–water partition coefficient (Wildman–Crippen LogP) is 1.81. The third kappa shape index (κ3) is 3.64. The van der Waals surface area contributed by atoms with Crippen LogP contribution in [0.15, 0.2) is 23.3 Å². The van der Waals surface area contributed by atoms with Crippen LogP contribution < -0.4 is 11.2 Å². The van der Waals surface area contributed by atoms with Crippen molar-refractivity contribution in [2.75, 3.05) is 0 Å². The molecule has 0 aliphatic heterocycles. The van der Waals surface area contributed by atoms with Crippen LogP contribution in [-0.2, 0) is 0 Å². The number of halogens is 2. The van der Waals surface area contributed by atoms with Crippen molar-refractivity contribution in [2.24, 2.45) is 10.8 Å². The monoisotopic (exact) mass is 230 g/mol. The minimum Gasteiger partial charge on any atom is -0.369 e. The molecule has 0 unspecified atom stereocenters. The van der Waals surface area contributed by atoms with Gasteiger partial charge in [0.15, 0.2) is 0 Å². The molecule has 4 nitrogen and oxygen atoms in total. The first-order chi connectivity index (χ1) is 6.58. The van der Waals surface area contributed by atoms with Gasteiger partial charge in [0.2, 0.25) is 5.96 Å². The Morgan fingerprint density at radius 2 is 1.93 bits per heavy atom. The van der Waals surface area contributed by atoms with Crippen LogP contribution in [0, 0.1) is 5.41 Å². The van der Waals surface area contributed by atoms with Crippen molar-refractivity contribution in [3.05, 3.63) is 33.8 Å². The molecule has 4 N–H and O–H groups in total. The van der Waals surface area contributed by atoms with Gasteiger partial charge in [-0.1, -0.05) is 23.2 Å². The molecule has 0 atom stereocenters. The van der Waals surface area contributed by atoms with Crippen LogP contribution in [0.25, 0.3) is 0 Å². The second-order valence-electron chi connectivity index (χ2n) is 2.49. The number of hydrazone groups is 1. The van der Waals surface area contributed by atoms with Crippen LogP contribution in [0.5, 0.6) is 0 Å². The van der Waals surface area contributed by atoms with Crippen molar-refractivity contribution in [3.63, 3.8) is 0 Å². The highest BCUT2D eigenvalue weighted by atomic mass is 35.5. The maximum atomic E-state index is 6.85. The summed E-state index contributed by atoms with van der Waals surface area (Å²) in [6.45, 7) is 0. The largest absolute Gasteiger partial charge is 0.369 e. The topological polar surface area (TPSA) is 74.3 Å². The maximum absolute atomic E-state index is 6.85. The van der Waals surface area contributed by atoms with E-state index >= 15 is 0 Å². The summed E-state index contributed by atoms with van der Waals surface area (Å²) in [5, 5.41) is 11.6. The highest BCUT2D eigenvalue weighted by Crippen LogP contribution is 2.17. The van der Waals surface area contributed by atoms with E-state index in [0.29, 0.717) is 10.0 Å². The minimum absolute atomic E-state index is 0.227. The van der Waals surface area contributed by atoms with E-state index in [1.165, 1.54) is 6.21 Å². The smallest absolute Gasteiger partial charge is 0.206 e. The lowest BCUT2D eigenvalue weighted by Crippen LogP contribution is -2.25. The Hall–Kier alpha value is -1.26. The Labute approximate surface area is 91.2 Å². The molecule has 0 saturated carbocycles. The van der Waals surface area contributed by atoms with Gasteiger partial charge in [-0.05, 0) is 23.8 Å². The minimum atomic E-state index is -0.227. The molecule has 0 radical (unpaired) electrons. The fourth-order valence-corrected chi connectivity index (χ4v) is 1.37. The Bertz CT molecular complexity index is 355. The lowest BCUT2D eigenvalue weighted by Gasteiger charge is -1.97. The van der Waals surface area contributed by atoms with Gasteiger partial charge in [0.05, 0.1) is 6.21 Å². The van der Waals surface area contributed by atoms with Crippen molar-refractivity contribution in [2.45, 2.75) is 0 Å². The average Bonchev–Trinajstić information content (AvgIpc) is 2.01. The van der Waals surface area contributed by atoms with Crippen LogP contribution in [0.1, 0.15) is 5.56 Å². The molecule has 0 spiro atoms. The van der Waals surface area contributed by atoms with Gasteiger partial charge in [0.1, 0.15) is 0 Å². The summed E-state index contributed by atoms with van der Waals surface area (Å²) in [7, 11) is 0. The molecule has 0 amide bonds. The molecular formula is C8H8Cl2N4. The molecule has 0 aliphatic carbocycles. The molecule has 0 aliphatic rings. The van der Waals surface area contributed by atoms with Crippen molar-refractivity contribution < 1.29 is 0 Å². The first-order valence-corrected chi connectivity index (χ1v) is 4.43. The number of guanidine groups is 1. The summed E-state index contributed by atoms with van der Waals surface area (Å²) in [6, 6.07) is 5.01. The Morgan fingerprint density at radius 3 is 2.43 bits per heavy atom. The van der Waals surface area contributed by atoms with E-state index in [1.807, 2.05) is 0 Å². The van der Waals surface area contributed by atoms with Gasteiger partial charge in [-0.25, -0.2) is 5.43 Å². The van der Waals surface area contributed by atoms with Gasteiger partial charge in [0, 0.05) is 10.0 Å². The molecule has 14 heavy (non-hydrogen) atoms.